The fourth-order valence-corrected chi connectivity index (χ4v) is 1.26. The predicted octanol–water partition coefficient (Wildman–Crippen LogP) is 1.81. The third-order valence-electron chi connectivity index (χ3n) is 2.92. The maximum atomic E-state index is 11.6. The minimum Gasteiger partial charge on any atom is -0.350 e. The molecular formula is C11H24N2O. The lowest BCUT2D eigenvalue weighted by atomic mass is 9.95. The third kappa shape index (κ3) is 4.09. The van der Waals surface area contributed by atoms with Crippen LogP contribution in [0.3, 0.4) is 0 Å². The summed E-state index contributed by atoms with van der Waals surface area (Å²) in [6, 6.07) is -0.350. The van der Waals surface area contributed by atoms with E-state index in [0.717, 1.165) is 25.7 Å². The average Bonchev–Trinajstić information content (AvgIpc) is 2.18. The summed E-state index contributed by atoms with van der Waals surface area (Å²) in [4.78, 5) is 11.6. The number of carbonyl (C=O) groups excluding carboxylic acids is 1. The van der Waals surface area contributed by atoms with E-state index < -0.39 is 0 Å². The van der Waals surface area contributed by atoms with Crippen LogP contribution in [-0.4, -0.2) is 17.5 Å². The summed E-state index contributed by atoms with van der Waals surface area (Å²) in [6.07, 6.45) is 3.58. The maximum absolute atomic E-state index is 11.6. The van der Waals surface area contributed by atoms with Crippen LogP contribution >= 0.6 is 0 Å². The summed E-state index contributed by atoms with van der Waals surface area (Å²) >= 11 is 0. The molecule has 0 aromatic heterocycles. The Labute approximate surface area is 87.4 Å². The quantitative estimate of drug-likeness (QED) is 0.687. The fourth-order valence-electron chi connectivity index (χ4n) is 1.26. The Balaban J connectivity index is 4.15. The van der Waals surface area contributed by atoms with Crippen molar-refractivity contribution in [1.29, 1.82) is 0 Å². The number of hydrogen-bond acceptors (Lipinski definition) is 2. The first kappa shape index (κ1) is 13.4. The monoisotopic (exact) mass is 200 g/mol. The fraction of sp³-hybridized carbons (Fsp3) is 0.909. The molecule has 0 heterocycles. The van der Waals surface area contributed by atoms with E-state index in [2.05, 4.69) is 26.1 Å². The second-order valence-electron chi connectivity index (χ2n) is 4.15. The van der Waals surface area contributed by atoms with E-state index in [0.29, 0.717) is 0 Å². The van der Waals surface area contributed by atoms with Gasteiger partial charge in [-0.2, -0.15) is 0 Å². The van der Waals surface area contributed by atoms with E-state index in [4.69, 9.17) is 5.73 Å². The number of nitrogens with one attached hydrogen (secondary N) is 1. The van der Waals surface area contributed by atoms with Crippen LogP contribution < -0.4 is 11.1 Å². The number of amides is 1. The van der Waals surface area contributed by atoms with Crippen molar-refractivity contribution >= 4 is 5.91 Å². The van der Waals surface area contributed by atoms with Crippen LogP contribution in [0.15, 0.2) is 0 Å². The van der Waals surface area contributed by atoms with Crippen molar-refractivity contribution in [2.24, 2.45) is 5.73 Å². The van der Waals surface area contributed by atoms with Crippen molar-refractivity contribution in [3.8, 4) is 0 Å². The Kier molecular flexibility index (Phi) is 5.77. The molecule has 0 saturated carbocycles. The molecule has 0 aliphatic carbocycles. The predicted molar refractivity (Wildman–Crippen MR) is 60.0 cm³/mol. The molecule has 0 radical (unpaired) electrons. The molecule has 0 saturated heterocycles. The van der Waals surface area contributed by atoms with Crippen molar-refractivity contribution in [1.82, 2.24) is 5.32 Å². The molecule has 0 aliphatic heterocycles. The molecular weight excluding hydrogens is 176 g/mol. The number of carbonyl (C=O) groups is 1. The lowest BCUT2D eigenvalue weighted by molar-refractivity contribution is -0.124. The van der Waals surface area contributed by atoms with Crippen molar-refractivity contribution < 1.29 is 4.79 Å². The van der Waals surface area contributed by atoms with Crippen LogP contribution in [0, 0.1) is 0 Å². The Hall–Kier alpha value is -0.570. The molecule has 84 valence electrons. The smallest absolute Gasteiger partial charge is 0.237 e. The van der Waals surface area contributed by atoms with Gasteiger partial charge in [0.25, 0.3) is 0 Å². The molecule has 0 aromatic carbocycles. The molecule has 0 bridgehead atoms. The topological polar surface area (TPSA) is 55.1 Å². The van der Waals surface area contributed by atoms with Gasteiger partial charge < -0.3 is 11.1 Å². The first-order chi connectivity index (χ1) is 6.49. The summed E-state index contributed by atoms with van der Waals surface area (Å²) < 4.78 is 0. The molecule has 0 aromatic rings. The number of nitrogens with two attached hydrogens (primary N) is 1. The van der Waals surface area contributed by atoms with Gasteiger partial charge in [-0.25, -0.2) is 0 Å². The molecule has 0 fully saturated rings. The molecule has 3 nitrogen and oxygen atoms in total. The van der Waals surface area contributed by atoms with Gasteiger partial charge in [0, 0.05) is 5.54 Å². The van der Waals surface area contributed by atoms with Crippen LogP contribution in [0.4, 0.5) is 0 Å². The van der Waals surface area contributed by atoms with Gasteiger partial charge in [-0.05, 0) is 26.2 Å². The van der Waals surface area contributed by atoms with E-state index in [1.807, 2.05) is 6.92 Å². The summed E-state index contributed by atoms with van der Waals surface area (Å²) in [5.74, 6) is -0.0157. The van der Waals surface area contributed by atoms with E-state index in [1.54, 1.807) is 0 Å². The molecule has 3 heteroatoms. The first-order valence-electron chi connectivity index (χ1n) is 5.56. The van der Waals surface area contributed by atoms with Crippen LogP contribution in [0.25, 0.3) is 0 Å². The number of rotatable bonds is 6. The average molecular weight is 200 g/mol. The molecule has 1 amide bonds. The molecule has 0 rings (SSSR count). The van der Waals surface area contributed by atoms with E-state index in [1.165, 1.54) is 0 Å². The summed E-state index contributed by atoms with van der Waals surface area (Å²) in [5, 5.41) is 3.01. The lowest BCUT2D eigenvalue weighted by Gasteiger charge is -2.29. The second kappa shape index (κ2) is 6.02. The van der Waals surface area contributed by atoms with Crippen LogP contribution in [-0.2, 0) is 4.79 Å². The van der Waals surface area contributed by atoms with Crippen molar-refractivity contribution in [3.63, 3.8) is 0 Å². The Morgan fingerprint density at radius 1 is 1.36 bits per heavy atom. The molecule has 14 heavy (non-hydrogen) atoms. The van der Waals surface area contributed by atoms with E-state index in [9.17, 15) is 4.79 Å². The number of hydrogen-bond donors (Lipinski definition) is 2. The Bertz CT molecular complexity index is 176. The van der Waals surface area contributed by atoms with Crippen molar-refractivity contribution in [3.05, 3.63) is 0 Å². The minimum atomic E-state index is -0.350. The molecule has 1 atom stereocenters. The van der Waals surface area contributed by atoms with Crippen molar-refractivity contribution in [2.75, 3.05) is 0 Å². The van der Waals surface area contributed by atoms with Gasteiger partial charge >= 0.3 is 0 Å². The zero-order valence-electron chi connectivity index (χ0n) is 9.89. The normalized spacial score (nSPS) is 13.8. The SMILES string of the molecule is CCC[C@H](N)C(=O)NC(C)(CC)CC. The minimum absolute atomic E-state index is 0.0157. The van der Waals surface area contributed by atoms with Gasteiger partial charge in [-0.1, -0.05) is 27.2 Å². The maximum Gasteiger partial charge on any atom is 0.237 e. The summed E-state index contributed by atoms with van der Waals surface area (Å²) in [7, 11) is 0. The van der Waals surface area contributed by atoms with E-state index in [-0.39, 0.29) is 17.5 Å². The van der Waals surface area contributed by atoms with Crippen molar-refractivity contribution in [2.45, 2.75) is 65.0 Å². The summed E-state index contributed by atoms with van der Waals surface area (Å²) in [6.45, 7) is 8.25. The van der Waals surface area contributed by atoms with Gasteiger partial charge in [0.1, 0.15) is 0 Å². The van der Waals surface area contributed by atoms with Gasteiger partial charge in [0.15, 0.2) is 0 Å². The second-order valence-corrected chi connectivity index (χ2v) is 4.15. The zero-order valence-corrected chi connectivity index (χ0v) is 9.89. The highest BCUT2D eigenvalue weighted by Crippen LogP contribution is 2.13. The summed E-state index contributed by atoms with van der Waals surface area (Å²) in [5.41, 5.74) is 5.64. The highest BCUT2D eigenvalue weighted by Gasteiger charge is 2.24. The molecule has 3 N–H and O–H groups in total. The Morgan fingerprint density at radius 3 is 2.21 bits per heavy atom. The van der Waals surface area contributed by atoms with Crippen LogP contribution in [0.2, 0.25) is 0 Å². The zero-order chi connectivity index (χ0) is 11.2. The lowest BCUT2D eigenvalue weighted by Crippen LogP contribution is -2.51. The first-order valence-corrected chi connectivity index (χ1v) is 5.56. The highest BCUT2D eigenvalue weighted by atomic mass is 16.2. The van der Waals surface area contributed by atoms with Gasteiger partial charge in [0.2, 0.25) is 5.91 Å². The van der Waals surface area contributed by atoms with Crippen LogP contribution in [0.1, 0.15) is 53.4 Å². The van der Waals surface area contributed by atoms with Crippen LogP contribution in [0.5, 0.6) is 0 Å². The Morgan fingerprint density at radius 2 is 1.86 bits per heavy atom. The third-order valence-corrected chi connectivity index (χ3v) is 2.92. The van der Waals surface area contributed by atoms with Gasteiger partial charge in [-0.3, -0.25) is 4.79 Å². The van der Waals surface area contributed by atoms with E-state index >= 15 is 0 Å². The van der Waals surface area contributed by atoms with Gasteiger partial charge in [0.05, 0.1) is 6.04 Å². The van der Waals surface area contributed by atoms with Gasteiger partial charge in [-0.15, -0.1) is 0 Å². The highest BCUT2D eigenvalue weighted by molar-refractivity contribution is 5.82. The molecule has 0 spiro atoms. The molecule has 0 aliphatic rings. The molecule has 0 unspecified atom stereocenters. The largest absolute Gasteiger partial charge is 0.350 e. The standard InChI is InChI=1S/C11H24N2O/c1-5-8-9(12)10(14)13-11(4,6-2)7-3/h9H,5-8,12H2,1-4H3,(H,13,14)/t9-/m0/s1.